The van der Waals surface area contributed by atoms with Crippen LogP contribution in [0.5, 0.6) is 5.75 Å². The lowest BCUT2D eigenvalue weighted by Crippen LogP contribution is -2.33. The van der Waals surface area contributed by atoms with E-state index in [0.29, 0.717) is 0 Å². The Labute approximate surface area is 153 Å². The smallest absolute Gasteiger partial charge is 0.170 e. The summed E-state index contributed by atoms with van der Waals surface area (Å²) in [6, 6.07) is 10.5. The van der Waals surface area contributed by atoms with Gasteiger partial charge in [0.2, 0.25) is 0 Å². The van der Waals surface area contributed by atoms with Crippen molar-refractivity contribution >= 4 is 0 Å². The number of benzene rings is 1. The van der Waals surface area contributed by atoms with Crippen molar-refractivity contribution in [1.82, 2.24) is 20.3 Å². The summed E-state index contributed by atoms with van der Waals surface area (Å²) in [5.41, 5.74) is 4.19. The Balaban J connectivity index is 1.64. The minimum absolute atomic E-state index is 0.275. The maximum absolute atomic E-state index is 5.54. The molecule has 3 aromatic rings. The van der Waals surface area contributed by atoms with Gasteiger partial charge in [0.25, 0.3) is 0 Å². The van der Waals surface area contributed by atoms with Crippen LogP contribution in [0, 0.1) is 6.92 Å². The molecule has 136 valence electrons. The van der Waals surface area contributed by atoms with E-state index in [2.05, 4.69) is 32.4 Å². The number of nitrogens with zero attached hydrogens (tertiary/aromatic N) is 3. The molecule has 0 aliphatic carbocycles. The topological polar surface area (TPSA) is 67.2 Å². The van der Waals surface area contributed by atoms with Gasteiger partial charge < -0.3 is 9.26 Å². The Morgan fingerprint density at radius 3 is 3.00 bits per heavy atom. The quantitative estimate of drug-likeness (QED) is 0.748. The zero-order valence-electron chi connectivity index (χ0n) is 15.2. The highest BCUT2D eigenvalue weighted by Crippen LogP contribution is 2.37. The first kappa shape index (κ1) is 16.8. The largest absolute Gasteiger partial charge is 0.496 e. The van der Waals surface area contributed by atoms with Gasteiger partial charge in [-0.3, -0.25) is 10.00 Å². The van der Waals surface area contributed by atoms with E-state index in [1.807, 2.05) is 31.3 Å². The van der Waals surface area contributed by atoms with Crippen LogP contribution in [0.15, 0.2) is 41.1 Å². The molecule has 1 fully saturated rings. The van der Waals surface area contributed by atoms with Crippen molar-refractivity contribution < 1.29 is 9.26 Å². The molecule has 1 aromatic carbocycles. The molecule has 6 nitrogen and oxygen atoms in total. The molecule has 6 heteroatoms. The molecular formula is C20H24N4O2. The number of likely N-dealkylation sites (tertiary alicyclic amines) is 1. The van der Waals surface area contributed by atoms with Crippen molar-refractivity contribution in [3.05, 3.63) is 53.5 Å². The maximum Gasteiger partial charge on any atom is 0.170 e. The minimum Gasteiger partial charge on any atom is -0.496 e. The van der Waals surface area contributed by atoms with Crippen LogP contribution in [0.3, 0.4) is 0 Å². The number of para-hydroxylation sites is 1. The van der Waals surface area contributed by atoms with E-state index in [9.17, 15) is 0 Å². The number of hydrogen-bond acceptors (Lipinski definition) is 5. The Bertz CT molecular complexity index is 870. The number of aromatic amines is 1. The van der Waals surface area contributed by atoms with Crippen molar-refractivity contribution in [1.29, 1.82) is 0 Å². The fraction of sp³-hybridized carbons (Fsp3) is 0.400. The molecule has 1 saturated heterocycles. The zero-order valence-corrected chi connectivity index (χ0v) is 15.2. The molecule has 0 spiro atoms. The van der Waals surface area contributed by atoms with Crippen LogP contribution in [-0.4, -0.2) is 33.9 Å². The summed E-state index contributed by atoms with van der Waals surface area (Å²) >= 11 is 0. The SMILES string of the molecule is COc1ccccc1CN1CCCC[C@H]1c1[nH]ncc1-c1cc(C)no1. The zero-order chi connectivity index (χ0) is 17.9. The van der Waals surface area contributed by atoms with Crippen LogP contribution >= 0.6 is 0 Å². The number of nitrogens with one attached hydrogen (secondary N) is 1. The highest BCUT2D eigenvalue weighted by Gasteiger charge is 2.29. The van der Waals surface area contributed by atoms with Crippen LogP contribution in [-0.2, 0) is 6.54 Å². The standard InChI is InChI=1S/C20H24N4O2/c1-14-11-19(26-23-14)16-12-21-22-20(16)17-8-5-6-10-24(17)13-15-7-3-4-9-18(15)25-2/h3-4,7,9,11-12,17H,5-6,8,10,13H2,1-2H3,(H,21,22)/t17-/m0/s1. The Morgan fingerprint density at radius 1 is 1.31 bits per heavy atom. The molecule has 0 bridgehead atoms. The summed E-state index contributed by atoms with van der Waals surface area (Å²) in [6.07, 6.45) is 5.35. The number of H-pyrrole nitrogens is 1. The molecule has 3 heterocycles. The average Bonchev–Trinajstić information content (AvgIpc) is 3.31. The van der Waals surface area contributed by atoms with Gasteiger partial charge in [0, 0.05) is 18.2 Å². The van der Waals surface area contributed by atoms with Gasteiger partial charge in [0.1, 0.15) is 5.75 Å². The van der Waals surface area contributed by atoms with Crippen LogP contribution < -0.4 is 4.74 Å². The van der Waals surface area contributed by atoms with Crippen LogP contribution in [0.4, 0.5) is 0 Å². The summed E-state index contributed by atoms with van der Waals surface area (Å²) < 4.78 is 11.0. The molecule has 1 atom stereocenters. The van der Waals surface area contributed by atoms with Gasteiger partial charge in [-0.15, -0.1) is 0 Å². The number of piperidine rings is 1. The second-order valence-electron chi connectivity index (χ2n) is 6.82. The van der Waals surface area contributed by atoms with Gasteiger partial charge in [0.05, 0.1) is 36.3 Å². The number of aromatic nitrogens is 3. The summed E-state index contributed by atoms with van der Waals surface area (Å²) in [5, 5.41) is 11.5. The first-order valence-electron chi connectivity index (χ1n) is 9.09. The van der Waals surface area contributed by atoms with Gasteiger partial charge in [-0.05, 0) is 32.4 Å². The molecule has 1 aliphatic rings. The van der Waals surface area contributed by atoms with E-state index in [0.717, 1.165) is 48.0 Å². The van der Waals surface area contributed by atoms with Crippen molar-refractivity contribution in [3.8, 4) is 17.1 Å². The van der Waals surface area contributed by atoms with Crippen molar-refractivity contribution in [2.75, 3.05) is 13.7 Å². The number of hydrogen-bond donors (Lipinski definition) is 1. The van der Waals surface area contributed by atoms with Crippen molar-refractivity contribution in [2.45, 2.75) is 38.8 Å². The summed E-state index contributed by atoms with van der Waals surface area (Å²) in [6.45, 7) is 3.83. The van der Waals surface area contributed by atoms with Gasteiger partial charge in [-0.25, -0.2) is 0 Å². The third-order valence-corrected chi connectivity index (χ3v) is 5.08. The highest BCUT2D eigenvalue weighted by molar-refractivity contribution is 5.60. The van der Waals surface area contributed by atoms with E-state index in [1.165, 1.54) is 18.4 Å². The fourth-order valence-corrected chi connectivity index (χ4v) is 3.80. The molecule has 1 N–H and O–H groups in total. The van der Waals surface area contributed by atoms with Gasteiger partial charge in [0.15, 0.2) is 5.76 Å². The molecule has 0 amide bonds. The summed E-state index contributed by atoms with van der Waals surface area (Å²) in [4.78, 5) is 2.50. The number of methoxy groups -OCH3 is 1. The molecule has 26 heavy (non-hydrogen) atoms. The first-order chi connectivity index (χ1) is 12.8. The van der Waals surface area contributed by atoms with E-state index < -0.39 is 0 Å². The molecule has 2 aromatic heterocycles. The number of aryl methyl sites for hydroxylation is 1. The first-order valence-corrected chi connectivity index (χ1v) is 9.09. The molecular weight excluding hydrogens is 328 g/mol. The highest BCUT2D eigenvalue weighted by atomic mass is 16.5. The predicted octanol–water partition coefficient (Wildman–Crippen LogP) is 4.11. The third-order valence-electron chi connectivity index (χ3n) is 5.08. The Morgan fingerprint density at radius 2 is 2.19 bits per heavy atom. The van der Waals surface area contributed by atoms with Gasteiger partial charge in [-0.2, -0.15) is 5.10 Å². The lowest BCUT2D eigenvalue weighted by atomic mass is 9.95. The lowest BCUT2D eigenvalue weighted by molar-refractivity contribution is 0.136. The average molecular weight is 352 g/mol. The minimum atomic E-state index is 0.275. The van der Waals surface area contributed by atoms with E-state index >= 15 is 0 Å². The van der Waals surface area contributed by atoms with Crippen LogP contribution in [0.2, 0.25) is 0 Å². The Hall–Kier alpha value is -2.60. The summed E-state index contributed by atoms with van der Waals surface area (Å²) in [5.74, 6) is 1.71. The number of rotatable bonds is 5. The predicted molar refractivity (Wildman–Crippen MR) is 98.8 cm³/mol. The monoisotopic (exact) mass is 352 g/mol. The molecule has 0 saturated carbocycles. The normalized spacial score (nSPS) is 18.2. The van der Waals surface area contributed by atoms with Crippen molar-refractivity contribution in [2.24, 2.45) is 0 Å². The second kappa shape index (κ2) is 7.33. The second-order valence-corrected chi connectivity index (χ2v) is 6.82. The Kier molecular flexibility index (Phi) is 4.75. The summed E-state index contributed by atoms with van der Waals surface area (Å²) in [7, 11) is 1.73. The van der Waals surface area contributed by atoms with Crippen LogP contribution in [0.25, 0.3) is 11.3 Å². The van der Waals surface area contributed by atoms with E-state index in [-0.39, 0.29) is 6.04 Å². The number of ether oxygens (including phenoxy) is 1. The van der Waals surface area contributed by atoms with E-state index in [4.69, 9.17) is 9.26 Å². The molecule has 0 unspecified atom stereocenters. The molecule has 0 radical (unpaired) electrons. The van der Waals surface area contributed by atoms with Crippen LogP contribution in [0.1, 0.15) is 42.3 Å². The fourth-order valence-electron chi connectivity index (χ4n) is 3.80. The van der Waals surface area contributed by atoms with Crippen molar-refractivity contribution in [3.63, 3.8) is 0 Å². The molecule has 4 rings (SSSR count). The lowest BCUT2D eigenvalue weighted by Gasteiger charge is -2.35. The van der Waals surface area contributed by atoms with Gasteiger partial charge >= 0.3 is 0 Å². The molecule has 1 aliphatic heterocycles. The third kappa shape index (κ3) is 3.24. The van der Waals surface area contributed by atoms with Gasteiger partial charge in [-0.1, -0.05) is 29.8 Å². The van der Waals surface area contributed by atoms with E-state index in [1.54, 1.807) is 7.11 Å². The maximum atomic E-state index is 5.54.